The summed E-state index contributed by atoms with van der Waals surface area (Å²) in [5, 5.41) is 3.71. The molecule has 1 saturated carbocycles. The molecule has 0 radical (unpaired) electrons. The molecule has 1 saturated heterocycles. The van der Waals surface area contributed by atoms with Crippen LogP contribution in [0.1, 0.15) is 30.4 Å². The molecule has 2 fully saturated rings. The van der Waals surface area contributed by atoms with Gasteiger partial charge in [-0.1, -0.05) is 15.9 Å². The highest BCUT2D eigenvalue weighted by molar-refractivity contribution is 9.10. The summed E-state index contributed by atoms with van der Waals surface area (Å²) < 4.78 is 12.8. The molecule has 1 aromatic rings. The van der Waals surface area contributed by atoms with Gasteiger partial charge in [0.25, 0.3) is 0 Å². The van der Waals surface area contributed by atoms with Crippen LogP contribution >= 0.6 is 15.9 Å². The van der Waals surface area contributed by atoms with Crippen LogP contribution in [-0.4, -0.2) is 32.4 Å². The molecule has 114 valence electrons. The number of ether oxygens (including phenoxy) is 2. The van der Waals surface area contributed by atoms with E-state index in [1.54, 1.807) is 0 Å². The molecule has 0 spiro atoms. The lowest BCUT2D eigenvalue weighted by atomic mass is 9.80. The Morgan fingerprint density at radius 2 is 2.19 bits per heavy atom. The third kappa shape index (κ3) is 2.99. The van der Waals surface area contributed by atoms with Crippen LogP contribution in [0.25, 0.3) is 0 Å². The first kappa shape index (κ1) is 14.0. The van der Waals surface area contributed by atoms with Crippen molar-refractivity contribution in [3.05, 3.63) is 27.7 Å². The van der Waals surface area contributed by atoms with Crippen molar-refractivity contribution in [3.8, 4) is 5.75 Å². The summed E-state index contributed by atoms with van der Waals surface area (Å²) in [7, 11) is 0. The average Bonchev–Trinajstić information content (AvgIpc) is 2.97. The molecule has 4 rings (SSSR count). The Kier molecular flexibility index (Phi) is 3.72. The molecule has 21 heavy (non-hydrogen) atoms. The minimum Gasteiger partial charge on any atom is -0.493 e. The number of hydrogen-bond acceptors (Lipinski definition) is 3. The van der Waals surface area contributed by atoms with Gasteiger partial charge in [-0.15, -0.1) is 0 Å². The first-order chi connectivity index (χ1) is 10.2. The monoisotopic (exact) mass is 351 g/mol. The minimum absolute atomic E-state index is 0.239. The molecular formula is C17H22BrNO2. The fraction of sp³-hybridized carbons (Fsp3) is 0.647. The van der Waals surface area contributed by atoms with Gasteiger partial charge < -0.3 is 14.8 Å². The van der Waals surface area contributed by atoms with E-state index in [4.69, 9.17) is 9.47 Å². The van der Waals surface area contributed by atoms with Crippen molar-refractivity contribution in [3.63, 3.8) is 0 Å². The predicted octanol–water partition coefficient (Wildman–Crippen LogP) is 3.09. The summed E-state index contributed by atoms with van der Waals surface area (Å²) in [5.74, 6) is 1.14. The lowest BCUT2D eigenvalue weighted by Gasteiger charge is -2.29. The van der Waals surface area contributed by atoms with Crippen LogP contribution in [0, 0.1) is 5.41 Å². The van der Waals surface area contributed by atoms with Gasteiger partial charge in [0.05, 0.1) is 13.2 Å². The molecule has 3 aliphatic rings. The van der Waals surface area contributed by atoms with Gasteiger partial charge in [-0.25, -0.2) is 0 Å². The maximum atomic E-state index is 5.90. The Morgan fingerprint density at radius 1 is 1.29 bits per heavy atom. The van der Waals surface area contributed by atoms with Gasteiger partial charge in [0, 0.05) is 35.5 Å². The van der Waals surface area contributed by atoms with Gasteiger partial charge in [0.1, 0.15) is 5.75 Å². The number of hydrogen-bond donors (Lipinski definition) is 1. The first-order valence-electron chi connectivity index (χ1n) is 7.99. The van der Waals surface area contributed by atoms with E-state index < -0.39 is 0 Å². The Morgan fingerprint density at radius 3 is 2.95 bits per heavy atom. The smallest absolute Gasteiger partial charge is 0.125 e. The number of fused-ring (bicyclic) bond motifs is 1. The van der Waals surface area contributed by atoms with Crippen molar-refractivity contribution in [1.82, 2.24) is 5.32 Å². The quantitative estimate of drug-likeness (QED) is 0.884. The molecule has 0 bridgehead atoms. The highest BCUT2D eigenvalue weighted by atomic mass is 79.9. The molecule has 0 amide bonds. The number of halogens is 1. The second-order valence-electron chi connectivity index (χ2n) is 6.79. The van der Waals surface area contributed by atoms with Gasteiger partial charge in [0.15, 0.2) is 0 Å². The Bertz CT molecular complexity index is 536. The van der Waals surface area contributed by atoms with Crippen LogP contribution in [0.5, 0.6) is 5.75 Å². The lowest BCUT2D eigenvalue weighted by molar-refractivity contribution is 0.148. The highest BCUT2D eigenvalue weighted by Crippen LogP contribution is 2.40. The third-order valence-electron chi connectivity index (χ3n) is 4.92. The molecule has 0 aromatic heterocycles. The standard InChI is InChI=1S/C17H22BrNO2/c18-14-7-12-3-5-21-16(12)13(8-14)9-17(4-6-20-11-17)10-19-15-1-2-15/h7-8,15,19H,1-6,9-11H2. The van der Waals surface area contributed by atoms with Crippen molar-refractivity contribution < 1.29 is 9.47 Å². The molecule has 2 heterocycles. The third-order valence-corrected chi connectivity index (χ3v) is 5.38. The molecule has 1 unspecified atom stereocenters. The van der Waals surface area contributed by atoms with E-state index in [0.29, 0.717) is 0 Å². The van der Waals surface area contributed by atoms with Crippen LogP contribution in [0.3, 0.4) is 0 Å². The summed E-state index contributed by atoms with van der Waals surface area (Å²) >= 11 is 3.65. The molecule has 4 heteroatoms. The first-order valence-corrected chi connectivity index (χ1v) is 8.79. The molecule has 1 atom stereocenters. The van der Waals surface area contributed by atoms with Crippen LogP contribution in [0.2, 0.25) is 0 Å². The number of benzene rings is 1. The van der Waals surface area contributed by atoms with Crippen molar-refractivity contribution in [2.75, 3.05) is 26.4 Å². The van der Waals surface area contributed by atoms with E-state index >= 15 is 0 Å². The molecule has 1 aliphatic carbocycles. The zero-order valence-electron chi connectivity index (χ0n) is 12.3. The van der Waals surface area contributed by atoms with Gasteiger partial charge in [-0.05, 0) is 48.9 Å². The molecule has 1 aromatic carbocycles. The van der Waals surface area contributed by atoms with E-state index in [1.165, 1.54) is 28.4 Å². The van der Waals surface area contributed by atoms with Crippen LogP contribution in [0.15, 0.2) is 16.6 Å². The second-order valence-corrected chi connectivity index (χ2v) is 7.70. The van der Waals surface area contributed by atoms with Crippen molar-refractivity contribution in [2.45, 2.75) is 38.1 Å². The maximum Gasteiger partial charge on any atom is 0.125 e. The predicted molar refractivity (Wildman–Crippen MR) is 85.9 cm³/mol. The van der Waals surface area contributed by atoms with Crippen molar-refractivity contribution >= 4 is 15.9 Å². The SMILES string of the molecule is Brc1cc2c(c(CC3(CNC4CC4)CCOC3)c1)OCC2. The summed E-state index contributed by atoms with van der Waals surface area (Å²) in [6, 6.07) is 5.19. The fourth-order valence-corrected chi connectivity index (χ4v) is 4.07. The van der Waals surface area contributed by atoms with Crippen LogP contribution in [-0.2, 0) is 17.6 Å². The van der Waals surface area contributed by atoms with Crippen LogP contribution < -0.4 is 10.1 Å². The van der Waals surface area contributed by atoms with Crippen molar-refractivity contribution in [1.29, 1.82) is 0 Å². The van der Waals surface area contributed by atoms with Crippen molar-refractivity contribution in [2.24, 2.45) is 5.41 Å². The Balaban J connectivity index is 1.57. The summed E-state index contributed by atoms with van der Waals surface area (Å²) in [6.45, 7) is 3.65. The normalized spacial score (nSPS) is 27.7. The minimum atomic E-state index is 0.239. The summed E-state index contributed by atoms with van der Waals surface area (Å²) in [6.07, 6.45) is 5.91. The molecule has 3 nitrogen and oxygen atoms in total. The summed E-state index contributed by atoms with van der Waals surface area (Å²) in [4.78, 5) is 0. The van der Waals surface area contributed by atoms with E-state index in [1.807, 2.05) is 0 Å². The number of rotatable bonds is 5. The van der Waals surface area contributed by atoms with Gasteiger partial charge in [-0.3, -0.25) is 0 Å². The topological polar surface area (TPSA) is 30.5 Å². The van der Waals surface area contributed by atoms with E-state index in [0.717, 1.165) is 57.4 Å². The zero-order valence-corrected chi connectivity index (χ0v) is 13.9. The molecule has 2 aliphatic heterocycles. The maximum absolute atomic E-state index is 5.90. The van der Waals surface area contributed by atoms with E-state index in [2.05, 4.69) is 33.4 Å². The van der Waals surface area contributed by atoms with Gasteiger partial charge in [-0.2, -0.15) is 0 Å². The van der Waals surface area contributed by atoms with Gasteiger partial charge >= 0.3 is 0 Å². The number of nitrogens with one attached hydrogen (secondary N) is 1. The van der Waals surface area contributed by atoms with Gasteiger partial charge in [0.2, 0.25) is 0 Å². The Labute approximate surface area is 134 Å². The fourth-order valence-electron chi connectivity index (χ4n) is 3.52. The van der Waals surface area contributed by atoms with Crippen LogP contribution in [0.4, 0.5) is 0 Å². The molecular weight excluding hydrogens is 330 g/mol. The largest absolute Gasteiger partial charge is 0.493 e. The lowest BCUT2D eigenvalue weighted by Crippen LogP contribution is -2.37. The highest BCUT2D eigenvalue weighted by Gasteiger charge is 2.38. The average molecular weight is 352 g/mol. The van der Waals surface area contributed by atoms with E-state index in [9.17, 15) is 0 Å². The Hall–Kier alpha value is -0.580. The summed E-state index contributed by atoms with van der Waals surface area (Å²) in [5.41, 5.74) is 2.94. The second kappa shape index (κ2) is 5.56. The van der Waals surface area contributed by atoms with E-state index in [-0.39, 0.29) is 5.41 Å². The zero-order chi connectivity index (χ0) is 14.3. The molecule has 1 N–H and O–H groups in total.